The van der Waals surface area contributed by atoms with Crippen molar-refractivity contribution in [2.45, 2.75) is 37.1 Å². The molecule has 1 amide bonds. The maximum absolute atomic E-state index is 14.4. The molecule has 2 aliphatic rings. The van der Waals surface area contributed by atoms with E-state index in [0.717, 1.165) is 24.1 Å². The van der Waals surface area contributed by atoms with Gasteiger partial charge in [0.25, 0.3) is 5.85 Å². The number of aliphatic hydroxyl groups is 3. The number of hydrogen-bond donors (Lipinski definition) is 4. The molecule has 0 aromatic heterocycles. The molecule has 5 atom stereocenters. The molecule has 0 aliphatic carbocycles. The molecule has 0 bridgehead atoms. The number of carbonyl (C=O) groups excluding carboxylic acids is 1. The molecule has 0 spiro atoms. The van der Waals surface area contributed by atoms with E-state index in [2.05, 4.69) is 0 Å². The van der Waals surface area contributed by atoms with Crippen molar-refractivity contribution in [2.75, 3.05) is 6.61 Å². The SMILES string of the molecule is CC1(F)C(N2C=CC(=O)NC2O)OC(F)(CO)C1O. The summed E-state index contributed by atoms with van der Waals surface area (Å²) in [7, 11) is 0. The van der Waals surface area contributed by atoms with Gasteiger partial charge in [0.1, 0.15) is 6.61 Å². The lowest BCUT2D eigenvalue weighted by molar-refractivity contribution is -0.227. The van der Waals surface area contributed by atoms with Gasteiger partial charge in [-0.15, -0.1) is 0 Å². The van der Waals surface area contributed by atoms with E-state index in [-0.39, 0.29) is 0 Å². The van der Waals surface area contributed by atoms with Gasteiger partial charge in [-0.3, -0.25) is 4.79 Å². The van der Waals surface area contributed by atoms with Crippen LogP contribution in [0.2, 0.25) is 0 Å². The third kappa shape index (κ3) is 2.08. The van der Waals surface area contributed by atoms with Crippen LogP contribution in [0.4, 0.5) is 8.78 Å². The molecular formula is C10H14F2N2O5. The van der Waals surface area contributed by atoms with Crippen LogP contribution in [0.15, 0.2) is 12.3 Å². The number of alkyl halides is 2. The fraction of sp³-hybridized carbons (Fsp3) is 0.700. The standard InChI is InChI=1S/C10H14F2N2O5/c1-9(11)6(17)10(12,4-15)19-7(9)14-3-2-5(16)13-8(14)18/h2-3,6-8,15,17-18H,4H2,1H3,(H,13,16). The average molecular weight is 280 g/mol. The van der Waals surface area contributed by atoms with Crippen molar-refractivity contribution < 1.29 is 33.6 Å². The van der Waals surface area contributed by atoms with Gasteiger partial charge in [0, 0.05) is 12.3 Å². The van der Waals surface area contributed by atoms with Crippen molar-refractivity contribution in [1.82, 2.24) is 10.2 Å². The average Bonchev–Trinajstić information content (AvgIpc) is 2.51. The van der Waals surface area contributed by atoms with E-state index in [4.69, 9.17) is 9.84 Å². The number of nitrogens with one attached hydrogen (secondary N) is 1. The molecule has 108 valence electrons. The van der Waals surface area contributed by atoms with Gasteiger partial charge in [0.2, 0.25) is 12.3 Å². The third-order valence-corrected chi connectivity index (χ3v) is 3.17. The van der Waals surface area contributed by atoms with Gasteiger partial charge < -0.3 is 30.3 Å². The van der Waals surface area contributed by atoms with Crippen LogP contribution in [0.25, 0.3) is 0 Å². The summed E-state index contributed by atoms with van der Waals surface area (Å²) in [6.07, 6.45) is -3.59. The minimum atomic E-state index is -2.98. The van der Waals surface area contributed by atoms with Crippen LogP contribution in [0.5, 0.6) is 0 Å². The minimum absolute atomic E-state index is 0.614. The van der Waals surface area contributed by atoms with Gasteiger partial charge in [0.15, 0.2) is 18.0 Å². The summed E-state index contributed by atoms with van der Waals surface area (Å²) in [5.41, 5.74) is -2.61. The highest BCUT2D eigenvalue weighted by Crippen LogP contribution is 2.43. The highest BCUT2D eigenvalue weighted by molar-refractivity contribution is 5.88. The van der Waals surface area contributed by atoms with Gasteiger partial charge in [0.05, 0.1) is 0 Å². The summed E-state index contributed by atoms with van der Waals surface area (Å²) in [4.78, 5) is 11.8. The molecule has 2 heterocycles. The van der Waals surface area contributed by atoms with Crippen LogP contribution in [-0.2, 0) is 9.53 Å². The Morgan fingerprint density at radius 2 is 2.16 bits per heavy atom. The first-order valence-corrected chi connectivity index (χ1v) is 5.51. The second kappa shape index (κ2) is 4.37. The number of rotatable bonds is 2. The number of carbonyl (C=O) groups is 1. The van der Waals surface area contributed by atoms with Gasteiger partial charge in [-0.25, -0.2) is 8.78 Å². The quantitative estimate of drug-likeness (QED) is 0.481. The Morgan fingerprint density at radius 3 is 2.63 bits per heavy atom. The summed E-state index contributed by atoms with van der Waals surface area (Å²) in [6.45, 7) is -0.375. The van der Waals surface area contributed by atoms with E-state index in [9.17, 15) is 23.8 Å². The molecule has 2 rings (SSSR count). The van der Waals surface area contributed by atoms with E-state index < -0.39 is 42.7 Å². The van der Waals surface area contributed by atoms with Crippen molar-refractivity contribution in [3.63, 3.8) is 0 Å². The first-order valence-electron chi connectivity index (χ1n) is 5.51. The Balaban J connectivity index is 2.30. The predicted molar refractivity (Wildman–Crippen MR) is 56.4 cm³/mol. The Hall–Kier alpha value is -1.29. The van der Waals surface area contributed by atoms with Crippen molar-refractivity contribution in [3.05, 3.63) is 12.3 Å². The minimum Gasteiger partial charge on any atom is -0.390 e. The van der Waals surface area contributed by atoms with Gasteiger partial charge in [-0.1, -0.05) is 0 Å². The molecule has 5 unspecified atom stereocenters. The van der Waals surface area contributed by atoms with Gasteiger partial charge in [-0.2, -0.15) is 0 Å². The van der Waals surface area contributed by atoms with Crippen LogP contribution >= 0.6 is 0 Å². The zero-order valence-electron chi connectivity index (χ0n) is 9.96. The summed E-state index contributed by atoms with van der Waals surface area (Å²) < 4.78 is 33.0. The van der Waals surface area contributed by atoms with Crippen LogP contribution < -0.4 is 5.32 Å². The van der Waals surface area contributed by atoms with Crippen LogP contribution in [0.3, 0.4) is 0 Å². The van der Waals surface area contributed by atoms with E-state index in [0.29, 0.717) is 0 Å². The van der Waals surface area contributed by atoms with Gasteiger partial charge >= 0.3 is 0 Å². The lowest BCUT2D eigenvalue weighted by Crippen LogP contribution is -2.58. The third-order valence-electron chi connectivity index (χ3n) is 3.17. The zero-order valence-corrected chi connectivity index (χ0v) is 9.96. The summed E-state index contributed by atoms with van der Waals surface area (Å²) in [5.74, 6) is -3.60. The number of ether oxygens (including phenoxy) is 1. The smallest absolute Gasteiger partial charge is 0.263 e. The lowest BCUT2D eigenvalue weighted by atomic mass is 9.97. The molecule has 0 radical (unpaired) electrons. The molecule has 1 saturated heterocycles. The molecular weight excluding hydrogens is 266 g/mol. The molecule has 9 heteroatoms. The van der Waals surface area contributed by atoms with E-state index >= 15 is 0 Å². The van der Waals surface area contributed by atoms with Crippen LogP contribution in [-0.4, -0.2) is 62.9 Å². The predicted octanol–water partition coefficient (Wildman–Crippen LogP) is -1.69. The highest BCUT2D eigenvalue weighted by atomic mass is 19.2. The van der Waals surface area contributed by atoms with Crippen molar-refractivity contribution in [2.24, 2.45) is 0 Å². The topological polar surface area (TPSA) is 102 Å². The zero-order chi connectivity index (χ0) is 14.4. The van der Waals surface area contributed by atoms with E-state index in [1.807, 2.05) is 5.32 Å². The molecule has 0 saturated carbocycles. The first kappa shape index (κ1) is 14.1. The molecule has 4 N–H and O–H groups in total. The summed E-state index contributed by atoms with van der Waals surface area (Å²) >= 11 is 0. The Kier molecular flexibility index (Phi) is 3.25. The largest absolute Gasteiger partial charge is 0.390 e. The van der Waals surface area contributed by atoms with E-state index in [1.165, 1.54) is 0 Å². The Morgan fingerprint density at radius 1 is 1.53 bits per heavy atom. The second-order valence-corrected chi connectivity index (χ2v) is 4.61. The Bertz CT molecular complexity index is 419. The van der Waals surface area contributed by atoms with Crippen molar-refractivity contribution in [1.29, 1.82) is 0 Å². The first-order chi connectivity index (χ1) is 8.72. The second-order valence-electron chi connectivity index (χ2n) is 4.61. The molecule has 0 aromatic rings. The molecule has 2 aliphatic heterocycles. The normalized spacial score (nSPS) is 46.5. The summed E-state index contributed by atoms with van der Waals surface area (Å²) in [6, 6.07) is 0. The summed E-state index contributed by atoms with van der Waals surface area (Å²) in [5, 5.41) is 30.1. The maximum Gasteiger partial charge on any atom is 0.263 e. The molecule has 1 fully saturated rings. The van der Waals surface area contributed by atoms with Crippen LogP contribution in [0.1, 0.15) is 6.92 Å². The lowest BCUT2D eigenvalue weighted by Gasteiger charge is -2.37. The number of amides is 1. The fourth-order valence-corrected chi connectivity index (χ4v) is 2.09. The van der Waals surface area contributed by atoms with E-state index in [1.54, 1.807) is 0 Å². The van der Waals surface area contributed by atoms with Crippen LogP contribution in [0, 0.1) is 0 Å². The molecule has 0 aromatic carbocycles. The van der Waals surface area contributed by atoms with Crippen molar-refractivity contribution >= 4 is 5.91 Å². The molecule has 19 heavy (non-hydrogen) atoms. The molecule has 7 nitrogen and oxygen atoms in total. The van der Waals surface area contributed by atoms with Gasteiger partial charge in [-0.05, 0) is 6.92 Å². The maximum atomic E-state index is 14.4. The highest BCUT2D eigenvalue weighted by Gasteiger charge is 2.65. The fourth-order valence-electron chi connectivity index (χ4n) is 2.09. The number of halogens is 2. The Labute approximate surface area is 107 Å². The van der Waals surface area contributed by atoms with Crippen molar-refractivity contribution in [3.8, 4) is 0 Å². The number of aliphatic hydroxyl groups excluding tert-OH is 3. The number of hydrogen-bond acceptors (Lipinski definition) is 6. The number of nitrogens with zero attached hydrogens (tertiary/aromatic N) is 1. The monoisotopic (exact) mass is 280 g/mol.